The number of imidazole rings is 2. The van der Waals surface area contributed by atoms with Crippen molar-refractivity contribution in [3.8, 4) is 11.5 Å². The number of amides is 8. The number of nitrogens with zero attached hydrogens (tertiary/aromatic N) is 7. The smallest absolute Gasteiger partial charge is 0.325 e. The molecule has 4 aromatic heterocycles. The van der Waals surface area contributed by atoms with Crippen LogP contribution in [0, 0.1) is 13.8 Å². The lowest BCUT2D eigenvalue weighted by Gasteiger charge is -2.19. The number of nitrogens with one attached hydrogen (secondary N) is 4. The van der Waals surface area contributed by atoms with Gasteiger partial charge in [0.25, 0.3) is 23.6 Å². The number of hydrogen-bond donors (Lipinski definition) is 7. The number of ether oxygens (including phenoxy) is 3. The molecule has 1 aliphatic rings. The summed E-state index contributed by atoms with van der Waals surface area (Å²) < 4.78 is 31.6. The van der Waals surface area contributed by atoms with Crippen molar-refractivity contribution in [2.45, 2.75) is 78.9 Å². The molecule has 9 N–H and O–H groups in total. The molecule has 29 heteroatoms. The molecule has 1 aliphatic heterocycles. The number of aromatic nitrogens is 6. The molecule has 2 aromatic carbocycles. The average molecular weight is 1110 g/mol. The number of allylic oxidation sites excluding steroid dienone is 2. The van der Waals surface area contributed by atoms with Gasteiger partial charge in [-0.3, -0.25) is 63.5 Å². The average Bonchev–Trinajstić information content (AvgIpc) is 4.40. The molecule has 0 spiro atoms. The van der Waals surface area contributed by atoms with Crippen molar-refractivity contribution >= 4 is 93.2 Å². The normalized spacial score (nSPS) is 12.5. The number of carbonyl (C=O) groups is 10. The summed E-state index contributed by atoms with van der Waals surface area (Å²) in [7, 11) is 1.39. The van der Waals surface area contributed by atoms with Crippen LogP contribution >= 0.6 is 0 Å². The highest BCUT2D eigenvalue weighted by Gasteiger charge is 2.30. The SMILES string of the molecule is CCc1nc(C)oc1C(=O)Nc1nc2cc(C(N)=O)cc(OC)c2n1C/C=C/Cn1c(NC(=O)c2oc(C)nc2CC)nc2cc(C(N)=O)cc(OCCCOC(=O)CNC(=O)[C@@H](CCC(=O)O)NC(=O)CN3C(=O)C=CC3=O)c21. The fourth-order valence-corrected chi connectivity index (χ4v) is 8.28. The van der Waals surface area contributed by atoms with Crippen LogP contribution in [0.4, 0.5) is 11.9 Å². The molecule has 0 fully saturated rings. The van der Waals surface area contributed by atoms with Gasteiger partial charge in [-0.25, -0.2) is 19.9 Å². The molecule has 80 heavy (non-hydrogen) atoms. The van der Waals surface area contributed by atoms with Crippen LogP contribution in [0.2, 0.25) is 0 Å². The third kappa shape index (κ3) is 13.5. The molecule has 1 atom stereocenters. The summed E-state index contributed by atoms with van der Waals surface area (Å²) in [5.74, 6) is -7.71. The largest absolute Gasteiger partial charge is 0.494 e. The zero-order valence-corrected chi connectivity index (χ0v) is 43.8. The first-order valence-corrected chi connectivity index (χ1v) is 24.7. The van der Waals surface area contributed by atoms with E-state index in [9.17, 15) is 53.1 Å². The molecule has 6 aromatic rings. The number of aryl methyl sites for hydroxylation is 4. The number of hydrogen-bond acceptors (Lipinski definition) is 19. The van der Waals surface area contributed by atoms with E-state index in [1.54, 1.807) is 42.1 Å². The molecule has 0 bridgehead atoms. The number of rotatable bonds is 27. The number of fused-ring (bicyclic) bond motifs is 2. The second-order valence-electron chi connectivity index (χ2n) is 17.6. The quantitative estimate of drug-likeness (QED) is 0.0167. The van der Waals surface area contributed by atoms with Gasteiger partial charge in [-0.05, 0) is 43.5 Å². The number of carboxylic acid groups (broad SMARTS) is 1. The Kier molecular flexibility index (Phi) is 18.2. The summed E-state index contributed by atoms with van der Waals surface area (Å²) in [6.45, 7) is 4.97. The van der Waals surface area contributed by atoms with E-state index in [-0.39, 0.29) is 114 Å². The third-order valence-corrected chi connectivity index (χ3v) is 12.0. The third-order valence-electron chi connectivity index (χ3n) is 12.0. The number of nitrogens with two attached hydrogens (primary N) is 2. The summed E-state index contributed by atoms with van der Waals surface area (Å²) in [5, 5.41) is 19.3. The number of anilines is 2. The lowest BCUT2D eigenvalue weighted by molar-refractivity contribution is -0.145. The predicted molar refractivity (Wildman–Crippen MR) is 278 cm³/mol. The molecule has 0 radical (unpaired) electrons. The van der Waals surface area contributed by atoms with Gasteiger partial charge in [0, 0.05) is 63.1 Å². The van der Waals surface area contributed by atoms with E-state index in [4.69, 9.17) is 34.5 Å². The minimum absolute atomic E-state index is 0.0127. The van der Waals surface area contributed by atoms with Crippen LogP contribution in [-0.4, -0.2) is 138 Å². The summed E-state index contributed by atoms with van der Waals surface area (Å²) in [5.41, 5.74) is 13.3. The van der Waals surface area contributed by atoms with Crippen molar-refractivity contribution in [3.63, 3.8) is 0 Å². The minimum atomic E-state index is -1.45. The van der Waals surface area contributed by atoms with Crippen molar-refractivity contribution < 1.29 is 76.1 Å². The summed E-state index contributed by atoms with van der Waals surface area (Å²) >= 11 is 0. The second-order valence-corrected chi connectivity index (χ2v) is 17.6. The maximum Gasteiger partial charge on any atom is 0.325 e. The number of benzene rings is 2. The highest BCUT2D eigenvalue weighted by Crippen LogP contribution is 2.33. The van der Waals surface area contributed by atoms with Crippen LogP contribution in [-0.2, 0) is 59.4 Å². The number of primary amides is 2. The summed E-state index contributed by atoms with van der Waals surface area (Å²) in [4.78, 5) is 144. The predicted octanol–water partition coefficient (Wildman–Crippen LogP) is 1.77. The standard InChI is InChI=1S/C51H55N13O16/c1-6-29-43(79-25(3)55-29)48(74)60-50-58-32-19-27(45(52)71)21-34(76-5)41(32)62(50)15-8-9-16-63-42-33(59-51(63)61-49(75)44-30(7-2)56-26(4)80-44)20-28(46(53)72)22-35(42)77-17-10-18-78-40(70)23-54-47(73)31(11-14-39(68)69)57-36(65)24-64-37(66)12-13-38(64)67/h8-9,12-13,19-22,31H,6-7,10-11,14-18,23-24H2,1-5H3,(H2,52,71)(H2,53,72)(H,54,73)(H,57,65)(H,68,69)(H,58,60,74)(H,59,61,75)/b9-8+/t31-/m1/s1. The van der Waals surface area contributed by atoms with Gasteiger partial charge >= 0.3 is 11.9 Å². The molecule has 5 heterocycles. The Morgan fingerprint density at radius 1 is 0.738 bits per heavy atom. The molecule has 0 aliphatic carbocycles. The molecule has 420 valence electrons. The van der Waals surface area contributed by atoms with E-state index in [0.717, 1.165) is 12.2 Å². The van der Waals surface area contributed by atoms with Gasteiger partial charge in [-0.2, -0.15) is 0 Å². The van der Waals surface area contributed by atoms with E-state index in [1.165, 1.54) is 31.4 Å². The van der Waals surface area contributed by atoms with Crippen molar-refractivity contribution in [1.29, 1.82) is 0 Å². The Labute approximate surface area is 453 Å². The monoisotopic (exact) mass is 1110 g/mol. The maximum absolute atomic E-state index is 13.8. The number of carboxylic acids is 1. The second kappa shape index (κ2) is 25.3. The van der Waals surface area contributed by atoms with Crippen LogP contribution < -0.4 is 42.2 Å². The topological polar surface area (TPSA) is 410 Å². The first-order valence-electron chi connectivity index (χ1n) is 24.7. The Morgan fingerprint density at radius 3 is 1.74 bits per heavy atom. The fourth-order valence-electron chi connectivity index (χ4n) is 8.28. The van der Waals surface area contributed by atoms with Crippen LogP contribution in [0.5, 0.6) is 11.5 Å². The number of oxazole rings is 2. The van der Waals surface area contributed by atoms with Crippen molar-refractivity contribution in [2.24, 2.45) is 11.5 Å². The van der Waals surface area contributed by atoms with Crippen molar-refractivity contribution in [3.05, 3.63) is 94.4 Å². The van der Waals surface area contributed by atoms with E-state index < -0.39 is 84.7 Å². The Balaban J connectivity index is 1.11. The Hall–Kier alpha value is -10.2. The Bertz CT molecular complexity index is 3510. The zero-order valence-electron chi connectivity index (χ0n) is 43.8. The maximum atomic E-state index is 13.8. The highest BCUT2D eigenvalue weighted by molar-refractivity contribution is 6.14. The van der Waals surface area contributed by atoms with Crippen molar-refractivity contribution in [1.82, 2.24) is 44.6 Å². The van der Waals surface area contributed by atoms with E-state index >= 15 is 0 Å². The number of esters is 1. The van der Waals surface area contributed by atoms with Crippen molar-refractivity contribution in [2.75, 3.05) is 44.0 Å². The molecule has 29 nitrogen and oxygen atoms in total. The van der Waals surface area contributed by atoms with Crippen LogP contribution in [0.25, 0.3) is 22.1 Å². The van der Waals surface area contributed by atoms with Crippen LogP contribution in [0.3, 0.4) is 0 Å². The first-order chi connectivity index (χ1) is 38.2. The van der Waals surface area contributed by atoms with Crippen LogP contribution in [0.15, 0.2) is 57.4 Å². The lowest BCUT2D eigenvalue weighted by atomic mass is 10.1. The molecule has 0 unspecified atom stereocenters. The van der Waals surface area contributed by atoms with Gasteiger partial charge < -0.3 is 59.4 Å². The number of carbonyl (C=O) groups excluding carboxylic acids is 9. The van der Waals surface area contributed by atoms with E-state index in [0.29, 0.717) is 34.6 Å². The van der Waals surface area contributed by atoms with Gasteiger partial charge in [0.15, 0.2) is 11.8 Å². The van der Waals surface area contributed by atoms with Gasteiger partial charge in [0.2, 0.25) is 47.0 Å². The number of aliphatic carboxylic acids is 1. The number of methoxy groups -OCH3 is 1. The van der Waals surface area contributed by atoms with Gasteiger partial charge in [-0.15, -0.1) is 0 Å². The van der Waals surface area contributed by atoms with E-state index in [2.05, 4.69) is 41.2 Å². The summed E-state index contributed by atoms with van der Waals surface area (Å²) in [6.07, 6.45) is 5.21. The number of imide groups is 1. The lowest BCUT2D eigenvalue weighted by Crippen LogP contribution is -2.51. The molecule has 0 saturated carbocycles. The molecule has 7 rings (SSSR count). The first kappa shape index (κ1) is 57.5. The van der Waals surface area contributed by atoms with Gasteiger partial charge in [-0.1, -0.05) is 26.0 Å². The molecule has 8 amide bonds. The van der Waals surface area contributed by atoms with Crippen LogP contribution in [0.1, 0.15) is 98.1 Å². The summed E-state index contributed by atoms with van der Waals surface area (Å²) in [6, 6.07) is 4.20. The van der Waals surface area contributed by atoms with Gasteiger partial charge in [0.1, 0.15) is 41.7 Å². The Morgan fingerprint density at radius 2 is 1.25 bits per heavy atom. The zero-order chi connectivity index (χ0) is 57.9. The molecular weight excluding hydrogens is 1050 g/mol. The van der Waals surface area contributed by atoms with Gasteiger partial charge in [0.05, 0.1) is 42.7 Å². The molecular formula is C51H55N13O16. The fraction of sp³-hybridized carbons (Fsp3) is 0.333. The minimum Gasteiger partial charge on any atom is -0.494 e. The van der Waals surface area contributed by atoms with E-state index in [1.807, 2.05) is 6.92 Å². The highest BCUT2D eigenvalue weighted by atomic mass is 16.5. The molecule has 0 saturated heterocycles.